The van der Waals surface area contributed by atoms with Crippen LogP contribution in [0.5, 0.6) is 0 Å². The molecule has 19 heavy (non-hydrogen) atoms. The zero-order valence-electron chi connectivity index (χ0n) is 11.1. The molecule has 0 aromatic heterocycles. The van der Waals surface area contributed by atoms with Gasteiger partial charge in [0.2, 0.25) is 0 Å². The van der Waals surface area contributed by atoms with Crippen LogP contribution in [0.2, 0.25) is 0 Å². The molecule has 0 spiro atoms. The molecule has 0 saturated carbocycles. The minimum absolute atomic E-state index is 0.308. The molecule has 2 amide bonds. The fourth-order valence-corrected chi connectivity index (χ4v) is 1.37. The van der Waals surface area contributed by atoms with Crippen LogP contribution in [0.25, 0.3) is 0 Å². The second-order valence-electron chi connectivity index (χ2n) is 3.87. The van der Waals surface area contributed by atoms with Gasteiger partial charge in [0, 0.05) is 0 Å². The lowest BCUT2D eigenvalue weighted by Crippen LogP contribution is -2.29. The first-order chi connectivity index (χ1) is 9.15. The molecule has 0 N–H and O–H groups in total. The number of rotatable bonds is 1. The monoisotopic (exact) mass is 259 g/mol. The predicted octanol–water partition coefficient (Wildman–Crippen LogP) is 2.76. The van der Waals surface area contributed by atoms with Crippen molar-refractivity contribution in [2.45, 2.75) is 13.8 Å². The molecule has 0 unspecified atom stereocenters. The number of carbonyl (C=O) groups is 2. The molecule has 1 fully saturated rings. The fraction of sp³-hybridized carbons (Fsp3) is 0.267. The highest BCUT2D eigenvalue weighted by Gasteiger charge is 2.26. The molecule has 1 saturated heterocycles. The standard InChI is InChI=1S/C8H8.C7H9NO3/c1-8-6-4-2-3-5-7-8;1-2-3-6(9)8-4-5-11-7(8)10/h2,4-7H,1H3;2-3H,4-5H2,1H3/b;3-2+. The first-order valence-electron chi connectivity index (χ1n) is 6.02. The zero-order chi connectivity index (χ0) is 14.1. The Bertz CT molecular complexity index is 492. The Hall–Kier alpha value is -2.32. The van der Waals surface area contributed by atoms with Crippen molar-refractivity contribution in [1.29, 1.82) is 0 Å². The van der Waals surface area contributed by atoms with Crippen molar-refractivity contribution in [3.05, 3.63) is 53.8 Å². The summed E-state index contributed by atoms with van der Waals surface area (Å²) in [4.78, 5) is 22.8. The summed E-state index contributed by atoms with van der Waals surface area (Å²) in [5.41, 5.74) is 4.23. The number of carbonyl (C=O) groups excluding carboxylic acids is 2. The number of amides is 2. The summed E-state index contributed by atoms with van der Waals surface area (Å²) >= 11 is 0. The van der Waals surface area contributed by atoms with Crippen molar-refractivity contribution in [3.63, 3.8) is 0 Å². The molecule has 0 bridgehead atoms. The Morgan fingerprint density at radius 3 is 2.89 bits per heavy atom. The molecule has 2 rings (SSSR count). The number of cyclic esters (lactones) is 1. The first-order valence-corrected chi connectivity index (χ1v) is 6.02. The Balaban J connectivity index is 0.000000200. The molecule has 4 nitrogen and oxygen atoms in total. The number of ether oxygens (including phenoxy) is 1. The highest BCUT2D eigenvalue weighted by Crippen LogP contribution is 2.03. The maximum Gasteiger partial charge on any atom is 0.416 e. The molecule has 0 aromatic carbocycles. The first kappa shape index (κ1) is 14.7. The van der Waals surface area contributed by atoms with E-state index in [-0.39, 0.29) is 5.91 Å². The van der Waals surface area contributed by atoms with E-state index in [0.717, 1.165) is 4.90 Å². The molecule has 1 aliphatic carbocycles. The number of hydrogen-bond donors (Lipinski definition) is 0. The summed E-state index contributed by atoms with van der Waals surface area (Å²) in [5, 5.41) is 0. The van der Waals surface area contributed by atoms with Crippen molar-refractivity contribution >= 4 is 12.0 Å². The lowest BCUT2D eigenvalue weighted by Gasteiger charge is -2.05. The van der Waals surface area contributed by atoms with Crippen LogP contribution < -0.4 is 0 Å². The second-order valence-corrected chi connectivity index (χ2v) is 3.87. The molecule has 1 aliphatic heterocycles. The third-order valence-electron chi connectivity index (χ3n) is 2.33. The van der Waals surface area contributed by atoms with Gasteiger partial charge in [0.1, 0.15) is 6.61 Å². The van der Waals surface area contributed by atoms with Gasteiger partial charge in [-0.05, 0) is 32.1 Å². The van der Waals surface area contributed by atoms with E-state index in [9.17, 15) is 9.59 Å². The van der Waals surface area contributed by atoms with Gasteiger partial charge in [-0.2, -0.15) is 0 Å². The van der Waals surface area contributed by atoms with Gasteiger partial charge in [-0.25, -0.2) is 9.69 Å². The van der Waals surface area contributed by atoms with E-state index in [2.05, 4.69) is 23.5 Å². The van der Waals surface area contributed by atoms with Crippen LogP contribution in [0.1, 0.15) is 13.8 Å². The van der Waals surface area contributed by atoms with E-state index in [1.165, 1.54) is 11.6 Å². The summed E-state index contributed by atoms with van der Waals surface area (Å²) in [6, 6.07) is 0. The third-order valence-corrected chi connectivity index (χ3v) is 2.33. The van der Waals surface area contributed by atoms with E-state index in [1.54, 1.807) is 13.0 Å². The molecule has 2 aliphatic rings. The average molecular weight is 259 g/mol. The Labute approximate surface area is 113 Å². The molecular formula is C15H17NO3. The van der Waals surface area contributed by atoms with E-state index < -0.39 is 6.09 Å². The van der Waals surface area contributed by atoms with Crippen LogP contribution in [-0.4, -0.2) is 30.1 Å². The van der Waals surface area contributed by atoms with Gasteiger partial charge in [-0.3, -0.25) is 4.79 Å². The minimum atomic E-state index is -0.548. The zero-order valence-corrected chi connectivity index (χ0v) is 11.1. The van der Waals surface area contributed by atoms with Crippen molar-refractivity contribution in [1.82, 2.24) is 4.90 Å². The van der Waals surface area contributed by atoms with Crippen molar-refractivity contribution < 1.29 is 14.3 Å². The SMILES string of the molecule is C/C=C/C(=O)N1CCOC1=O.CC1=CC=C=CC=C1. The summed E-state index contributed by atoms with van der Waals surface area (Å²) in [6.07, 6.45) is 12.3. The lowest BCUT2D eigenvalue weighted by atomic mass is 10.3. The van der Waals surface area contributed by atoms with Crippen LogP contribution in [0.15, 0.2) is 53.8 Å². The fourth-order valence-electron chi connectivity index (χ4n) is 1.37. The van der Waals surface area contributed by atoms with E-state index in [1.807, 2.05) is 24.3 Å². The highest BCUT2D eigenvalue weighted by atomic mass is 16.6. The summed E-state index contributed by atoms with van der Waals surface area (Å²) < 4.78 is 4.57. The topological polar surface area (TPSA) is 46.6 Å². The number of hydrogen-bond acceptors (Lipinski definition) is 3. The largest absolute Gasteiger partial charge is 0.447 e. The van der Waals surface area contributed by atoms with Crippen LogP contribution >= 0.6 is 0 Å². The molecule has 4 heteroatoms. The van der Waals surface area contributed by atoms with E-state index >= 15 is 0 Å². The highest BCUT2D eigenvalue weighted by molar-refractivity contribution is 5.99. The second kappa shape index (κ2) is 7.90. The summed E-state index contributed by atoms with van der Waals surface area (Å²) in [7, 11) is 0. The van der Waals surface area contributed by atoms with Crippen molar-refractivity contribution in [2.75, 3.05) is 13.2 Å². The minimum Gasteiger partial charge on any atom is -0.447 e. The van der Waals surface area contributed by atoms with Gasteiger partial charge >= 0.3 is 6.09 Å². The van der Waals surface area contributed by atoms with Gasteiger partial charge in [-0.1, -0.05) is 29.9 Å². The Kier molecular flexibility index (Phi) is 6.13. The molecule has 1 heterocycles. The summed E-state index contributed by atoms with van der Waals surface area (Å²) in [5.74, 6) is -0.310. The molecule has 100 valence electrons. The molecular weight excluding hydrogens is 242 g/mol. The normalized spacial score (nSPS) is 16.8. The third kappa shape index (κ3) is 5.23. The van der Waals surface area contributed by atoms with Crippen LogP contribution in [0.4, 0.5) is 4.79 Å². The number of imide groups is 1. The number of nitrogens with zero attached hydrogens (tertiary/aromatic N) is 1. The van der Waals surface area contributed by atoms with Gasteiger partial charge in [0.25, 0.3) is 5.91 Å². The van der Waals surface area contributed by atoms with Crippen LogP contribution in [0.3, 0.4) is 0 Å². The lowest BCUT2D eigenvalue weighted by molar-refractivity contribution is -0.122. The summed E-state index contributed by atoms with van der Waals surface area (Å²) in [6.45, 7) is 4.46. The Morgan fingerprint density at radius 2 is 2.26 bits per heavy atom. The van der Waals surface area contributed by atoms with Crippen LogP contribution in [0, 0.1) is 0 Å². The maximum atomic E-state index is 11.0. The molecule has 0 aromatic rings. The predicted molar refractivity (Wildman–Crippen MR) is 73.4 cm³/mol. The maximum absolute atomic E-state index is 11.0. The van der Waals surface area contributed by atoms with E-state index in [4.69, 9.17) is 0 Å². The van der Waals surface area contributed by atoms with Gasteiger partial charge in [-0.15, -0.1) is 5.73 Å². The average Bonchev–Trinajstić information content (AvgIpc) is 2.66. The van der Waals surface area contributed by atoms with Crippen LogP contribution in [-0.2, 0) is 9.53 Å². The van der Waals surface area contributed by atoms with Crippen molar-refractivity contribution in [2.24, 2.45) is 0 Å². The molecule has 0 radical (unpaired) electrons. The quantitative estimate of drug-likeness (QED) is 0.537. The van der Waals surface area contributed by atoms with Crippen molar-refractivity contribution in [3.8, 4) is 0 Å². The Morgan fingerprint density at radius 1 is 1.47 bits per heavy atom. The van der Waals surface area contributed by atoms with Gasteiger partial charge < -0.3 is 4.74 Å². The van der Waals surface area contributed by atoms with Gasteiger partial charge in [0.15, 0.2) is 0 Å². The smallest absolute Gasteiger partial charge is 0.416 e. The molecule has 0 atom stereocenters. The number of allylic oxidation sites excluding steroid dienone is 6. The van der Waals surface area contributed by atoms with Gasteiger partial charge in [0.05, 0.1) is 6.54 Å². The van der Waals surface area contributed by atoms with E-state index in [0.29, 0.717) is 13.2 Å².